The van der Waals surface area contributed by atoms with Crippen molar-refractivity contribution in [1.29, 1.82) is 0 Å². The highest BCUT2D eigenvalue weighted by molar-refractivity contribution is 9.10. The molecular formula is C12H10BrClOS. The molecule has 0 saturated heterocycles. The molecule has 84 valence electrons. The van der Waals surface area contributed by atoms with E-state index in [1.807, 2.05) is 31.2 Å². The maximum absolute atomic E-state index is 10.2. The van der Waals surface area contributed by atoms with Crippen molar-refractivity contribution in [3.8, 4) is 0 Å². The normalized spacial score (nSPS) is 12.8. The van der Waals surface area contributed by atoms with Gasteiger partial charge in [0.25, 0.3) is 0 Å². The second-order valence-electron chi connectivity index (χ2n) is 3.52. The monoisotopic (exact) mass is 316 g/mol. The standard InChI is InChI=1S/C12H10BrClOS/c1-7-2-5-11(16-7)12(15)9-6-8(13)3-4-10(9)14/h2-6,12,15H,1H3. The van der Waals surface area contributed by atoms with E-state index in [1.165, 1.54) is 4.88 Å². The first-order chi connectivity index (χ1) is 7.58. The van der Waals surface area contributed by atoms with Crippen molar-refractivity contribution >= 4 is 38.9 Å². The lowest BCUT2D eigenvalue weighted by Gasteiger charge is -2.11. The van der Waals surface area contributed by atoms with Crippen molar-refractivity contribution in [3.63, 3.8) is 0 Å². The van der Waals surface area contributed by atoms with Crippen LogP contribution in [0, 0.1) is 6.92 Å². The molecule has 1 heterocycles. The number of aliphatic hydroxyl groups excluding tert-OH is 1. The fraction of sp³-hybridized carbons (Fsp3) is 0.167. The van der Waals surface area contributed by atoms with E-state index in [1.54, 1.807) is 17.4 Å². The molecular weight excluding hydrogens is 308 g/mol. The summed E-state index contributed by atoms with van der Waals surface area (Å²) in [7, 11) is 0. The number of aryl methyl sites for hydroxylation is 1. The Hall–Kier alpha value is -0.350. The quantitative estimate of drug-likeness (QED) is 0.861. The molecule has 1 atom stereocenters. The third-order valence-electron chi connectivity index (χ3n) is 2.28. The SMILES string of the molecule is Cc1ccc(C(O)c2cc(Br)ccc2Cl)s1. The molecule has 4 heteroatoms. The van der Waals surface area contributed by atoms with E-state index in [9.17, 15) is 5.11 Å². The topological polar surface area (TPSA) is 20.2 Å². The molecule has 0 aliphatic heterocycles. The molecule has 1 nitrogen and oxygen atoms in total. The molecule has 0 saturated carbocycles. The molecule has 16 heavy (non-hydrogen) atoms. The van der Waals surface area contributed by atoms with Crippen LogP contribution in [-0.2, 0) is 0 Å². The smallest absolute Gasteiger partial charge is 0.115 e. The molecule has 2 rings (SSSR count). The average Bonchev–Trinajstić information content (AvgIpc) is 2.67. The van der Waals surface area contributed by atoms with Gasteiger partial charge in [-0.2, -0.15) is 0 Å². The summed E-state index contributed by atoms with van der Waals surface area (Å²) in [6.07, 6.45) is -0.649. The summed E-state index contributed by atoms with van der Waals surface area (Å²) in [6, 6.07) is 9.42. The zero-order valence-corrected chi connectivity index (χ0v) is 11.7. The van der Waals surface area contributed by atoms with Crippen LogP contribution in [0.15, 0.2) is 34.8 Å². The van der Waals surface area contributed by atoms with Gasteiger partial charge >= 0.3 is 0 Å². The maximum Gasteiger partial charge on any atom is 0.115 e. The van der Waals surface area contributed by atoms with E-state index >= 15 is 0 Å². The van der Waals surface area contributed by atoms with Gasteiger partial charge in [0.05, 0.1) is 0 Å². The number of hydrogen-bond donors (Lipinski definition) is 1. The fourth-order valence-electron chi connectivity index (χ4n) is 1.48. The van der Waals surface area contributed by atoms with Crippen molar-refractivity contribution in [3.05, 3.63) is 55.1 Å². The molecule has 0 bridgehead atoms. The van der Waals surface area contributed by atoms with Crippen molar-refractivity contribution in [2.24, 2.45) is 0 Å². The minimum atomic E-state index is -0.649. The Morgan fingerprint density at radius 2 is 2.06 bits per heavy atom. The minimum absolute atomic E-state index is 0.585. The number of rotatable bonds is 2. The molecule has 0 aliphatic rings. The summed E-state index contributed by atoms with van der Waals surface area (Å²) < 4.78 is 0.916. The van der Waals surface area contributed by atoms with Gasteiger partial charge in [0.1, 0.15) is 6.10 Å². The predicted octanol–water partition coefficient (Wildman–Crippen LogP) is 4.55. The summed E-state index contributed by atoms with van der Waals surface area (Å²) in [5, 5.41) is 10.8. The molecule has 1 aromatic carbocycles. The van der Waals surface area contributed by atoms with Crippen LogP contribution < -0.4 is 0 Å². The predicted molar refractivity (Wildman–Crippen MR) is 72.3 cm³/mol. The molecule has 1 N–H and O–H groups in total. The van der Waals surface area contributed by atoms with Gasteiger partial charge in [0.15, 0.2) is 0 Å². The van der Waals surface area contributed by atoms with Crippen LogP contribution in [0.4, 0.5) is 0 Å². The van der Waals surface area contributed by atoms with Gasteiger partial charge in [0, 0.05) is 24.8 Å². The summed E-state index contributed by atoms with van der Waals surface area (Å²) in [5.41, 5.74) is 0.734. The number of aliphatic hydroxyl groups is 1. The van der Waals surface area contributed by atoms with E-state index in [0.29, 0.717) is 5.02 Å². The first kappa shape index (κ1) is 12.1. The Morgan fingerprint density at radius 3 is 2.69 bits per heavy atom. The van der Waals surface area contributed by atoms with Crippen LogP contribution in [0.25, 0.3) is 0 Å². The summed E-state index contributed by atoms with van der Waals surface area (Å²) >= 11 is 11.0. The van der Waals surface area contributed by atoms with Crippen molar-refractivity contribution in [1.82, 2.24) is 0 Å². The lowest BCUT2D eigenvalue weighted by atomic mass is 10.1. The van der Waals surface area contributed by atoms with Gasteiger partial charge in [-0.1, -0.05) is 27.5 Å². The van der Waals surface area contributed by atoms with Gasteiger partial charge in [0.2, 0.25) is 0 Å². The Morgan fingerprint density at radius 1 is 1.31 bits per heavy atom. The zero-order valence-electron chi connectivity index (χ0n) is 8.58. The van der Waals surface area contributed by atoms with E-state index in [-0.39, 0.29) is 0 Å². The number of halogens is 2. The Labute approximate surface area is 112 Å². The van der Waals surface area contributed by atoms with Gasteiger partial charge < -0.3 is 5.11 Å². The first-order valence-corrected chi connectivity index (χ1v) is 6.76. The lowest BCUT2D eigenvalue weighted by Crippen LogP contribution is -1.97. The van der Waals surface area contributed by atoms with Gasteiger partial charge in [-0.3, -0.25) is 0 Å². The average molecular weight is 318 g/mol. The van der Waals surface area contributed by atoms with E-state index in [4.69, 9.17) is 11.6 Å². The Balaban J connectivity index is 2.40. The largest absolute Gasteiger partial charge is 0.383 e. The number of benzene rings is 1. The van der Waals surface area contributed by atoms with Crippen molar-refractivity contribution in [2.75, 3.05) is 0 Å². The molecule has 1 unspecified atom stereocenters. The van der Waals surface area contributed by atoms with Crippen LogP contribution in [0.3, 0.4) is 0 Å². The fourth-order valence-corrected chi connectivity index (χ4v) is 2.96. The van der Waals surface area contributed by atoms with Gasteiger partial charge in [-0.25, -0.2) is 0 Å². The molecule has 1 aromatic heterocycles. The van der Waals surface area contributed by atoms with E-state index in [2.05, 4.69) is 15.9 Å². The molecule has 0 aliphatic carbocycles. The minimum Gasteiger partial charge on any atom is -0.383 e. The van der Waals surface area contributed by atoms with E-state index < -0.39 is 6.10 Å². The second kappa shape index (κ2) is 4.88. The van der Waals surface area contributed by atoms with Crippen LogP contribution in [0.2, 0.25) is 5.02 Å². The molecule has 0 amide bonds. The third kappa shape index (κ3) is 2.48. The van der Waals surface area contributed by atoms with E-state index in [0.717, 1.165) is 14.9 Å². The van der Waals surface area contributed by atoms with Crippen LogP contribution >= 0.6 is 38.9 Å². The molecule has 0 radical (unpaired) electrons. The Bertz CT molecular complexity index is 509. The van der Waals surface area contributed by atoms with Crippen LogP contribution in [0.1, 0.15) is 21.4 Å². The van der Waals surface area contributed by atoms with Crippen molar-refractivity contribution in [2.45, 2.75) is 13.0 Å². The second-order valence-corrected chi connectivity index (χ2v) is 6.16. The Kier molecular flexibility index (Phi) is 3.70. The third-order valence-corrected chi connectivity index (χ3v) is 4.17. The van der Waals surface area contributed by atoms with Gasteiger partial charge in [-0.05, 0) is 37.3 Å². The number of thiophene rings is 1. The highest BCUT2D eigenvalue weighted by Gasteiger charge is 2.15. The first-order valence-electron chi connectivity index (χ1n) is 4.77. The highest BCUT2D eigenvalue weighted by atomic mass is 79.9. The summed E-state index contributed by atoms with van der Waals surface area (Å²) in [5.74, 6) is 0. The molecule has 0 spiro atoms. The van der Waals surface area contributed by atoms with Gasteiger partial charge in [-0.15, -0.1) is 11.3 Å². The van der Waals surface area contributed by atoms with Crippen LogP contribution in [-0.4, -0.2) is 5.11 Å². The molecule has 2 aromatic rings. The van der Waals surface area contributed by atoms with Crippen molar-refractivity contribution < 1.29 is 5.11 Å². The van der Waals surface area contributed by atoms with Crippen LogP contribution in [0.5, 0.6) is 0 Å². The molecule has 0 fully saturated rings. The summed E-state index contributed by atoms with van der Waals surface area (Å²) in [6.45, 7) is 2.02. The number of hydrogen-bond acceptors (Lipinski definition) is 2. The maximum atomic E-state index is 10.2. The lowest BCUT2D eigenvalue weighted by molar-refractivity contribution is 0.224. The summed E-state index contributed by atoms with van der Waals surface area (Å²) in [4.78, 5) is 2.10. The highest BCUT2D eigenvalue weighted by Crippen LogP contribution is 2.33. The zero-order chi connectivity index (χ0) is 11.7.